The smallest absolute Gasteiger partial charge is 0.481 e. The van der Waals surface area contributed by atoms with Crippen LogP contribution in [0.15, 0.2) is 41.6 Å². The van der Waals surface area contributed by atoms with Gasteiger partial charge in [0, 0.05) is 29.1 Å². The van der Waals surface area contributed by atoms with Crippen LogP contribution in [0.1, 0.15) is 16.7 Å². The summed E-state index contributed by atoms with van der Waals surface area (Å²) in [5, 5.41) is 24.1. The number of fused-ring (bicyclic) bond motifs is 2. The first-order valence-corrected chi connectivity index (χ1v) is 9.13. The molecule has 0 radical (unpaired) electrons. The molecule has 2 aromatic rings. The van der Waals surface area contributed by atoms with E-state index in [0.29, 0.717) is 27.7 Å². The van der Waals surface area contributed by atoms with Gasteiger partial charge in [0.15, 0.2) is 0 Å². The maximum Gasteiger partial charge on any atom is 0.490 e. The summed E-state index contributed by atoms with van der Waals surface area (Å²) in [6, 6.07) is 10.8. The molecule has 9 nitrogen and oxygen atoms in total. The average Bonchev–Trinajstić information content (AvgIpc) is 3.30. The number of anilines is 1. The van der Waals surface area contributed by atoms with E-state index >= 15 is 0 Å². The number of hydrogen-bond donors (Lipinski definition) is 3. The van der Waals surface area contributed by atoms with E-state index in [1.165, 1.54) is 11.8 Å². The van der Waals surface area contributed by atoms with E-state index in [2.05, 4.69) is 26.9 Å². The first-order chi connectivity index (χ1) is 14.6. The molecule has 1 aromatic carbocycles. The summed E-state index contributed by atoms with van der Waals surface area (Å²) < 4.78 is 36.9. The van der Waals surface area contributed by atoms with Crippen molar-refractivity contribution in [3.05, 3.63) is 53.2 Å². The van der Waals surface area contributed by atoms with Crippen molar-refractivity contribution < 1.29 is 32.6 Å². The molecule has 0 saturated carbocycles. The van der Waals surface area contributed by atoms with Crippen molar-refractivity contribution in [3.63, 3.8) is 0 Å². The summed E-state index contributed by atoms with van der Waals surface area (Å²) >= 11 is 1.30. The molecule has 13 heteroatoms. The molecule has 0 bridgehead atoms. The van der Waals surface area contributed by atoms with E-state index in [1.807, 2.05) is 0 Å². The predicted molar refractivity (Wildman–Crippen MR) is 103 cm³/mol. The first kappa shape index (κ1) is 21.9. The van der Waals surface area contributed by atoms with E-state index in [-0.39, 0.29) is 5.91 Å². The molecule has 1 spiro atoms. The maximum absolute atomic E-state index is 12.6. The number of halogens is 3. The Morgan fingerprint density at radius 1 is 1.32 bits per heavy atom. The molecule has 1 atom stereocenters. The van der Waals surface area contributed by atoms with Gasteiger partial charge in [-0.05, 0) is 24.3 Å². The second kappa shape index (κ2) is 8.15. The molecular formula is C18H12F3N5O4S. The third-order valence-corrected chi connectivity index (χ3v) is 5.42. The molecule has 0 aliphatic carbocycles. The number of nitrogens with one attached hydrogen (secondary N) is 2. The minimum absolute atomic E-state index is 0.211. The number of carbonyl (C=O) groups is 2. The summed E-state index contributed by atoms with van der Waals surface area (Å²) in [6.07, 6.45) is -3.46. The third kappa shape index (κ3) is 4.24. The Balaban J connectivity index is 0.000000339. The van der Waals surface area contributed by atoms with Gasteiger partial charge in [-0.25, -0.2) is 9.78 Å². The molecule has 1 aromatic heterocycles. The van der Waals surface area contributed by atoms with Gasteiger partial charge in [-0.2, -0.15) is 23.5 Å². The molecule has 1 amide bonds. The number of hydrazone groups is 1. The number of amides is 1. The van der Waals surface area contributed by atoms with Gasteiger partial charge in [0.2, 0.25) is 10.8 Å². The molecule has 3 heterocycles. The van der Waals surface area contributed by atoms with Crippen molar-refractivity contribution in [2.45, 2.75) is 11.0 Å². The lowest BCUT2D eigenvalue weighted by atomic mass is 10.1. The Hall–Kier alpha value is -3.79. The van der Waals surface area contributed by atoms with Crippen LogP contribution in [0.5, 0.6) is 5.88 Å². The van der Waals surface area contributed by atoms with Gasteiger partial charge < -0.3 is 15.2 Å². The zero-order valence-corrected chi connectivity index (χ0v) is 16.3. The van der Waals surface area contributed by atoms with E-state index in [9.17, 15) is 18.0 Å². The van der Waals surface area contributed by atoms with Crippen molar-refractivity contribution >= 4 is 34.4 Å². The number of carbonyl (C=O) groups excluding carboxylic acids is 1. The summed E-state index contributed by atoms with van der Waals surface area (Å²) in [5.41, 5.74) is 5.62. The Morgan fingerprint density at radius 3 is 2.65 bits per heavy atom. The lowest BCUT2D eigenvalue weighted by molar-refractivity contribution is -0.192. The van der Waals surface area contributed by atoms with Crippen LogP contribution in [-0.2, 0) is 14.5 Å². The summed E-state index contributed by atoms with van der Waals surface area (Å²) in [4.78, 5) is 24.5. The number of ether oxygens (including phenoxy) is 1. The van der Waals surface area contributed by atoms with Crippen LogP contribution >= 0.6 is 11.8 Å². The normalized spacial score (nSPS) is 18.7. The Kier molecular flexibility index (Phi) is 5.76. The van der Waals surface area contributed by atoms with Crippen LogP contribution in [0.2, 0.25) is 0 Å². The third-order valence-electron chi connectivity index (χ3n) is 4.09. The molecule has 3 N–H and O–H groups in total. The number of pyridine rings is 1. The zero-order chi connectivity index (χ0) is 22.8. The van der Waals surface area contributed by atoms with Crippen molar-refractivity contribution in [3.8, 4) is 11.9 Å². The second-order valence-corrected chi connectivity index (χ2v) is 7.23. The van der Waals surface area contributed by atoms with Gasteiger partial charge >= 0.3 is 12.1 Å². The number of carboxylic acids is 1. The second-order valence-electron chi connectivity index (χ2n) is 6.03. The molecule has 2 aliphatic heterocycles. The summed E-state index contributed by atoms with van der Waals surface area (Å²) in [7, 11) is 1.54. The summed E-state index contributed by atoms with van der Waals surface area (Å²) in [6.45, 7) is 0. The van der Waals surface area contributed by atoms with E-state index < -0.39 is 17.0 Å². The van der Waals surface area contributed by atoms with Crippen LogP contribution < -0.4 is 15.5 Å². The fourth-order valence-electron chi connectivity index (χ4n) is 2.66. The van der Waals surface area contributed by atoms with Gasteiger partial charge in [0.25, 0.3) is 5.91 Å². The monoisotopic (exact) mass is 451 g/mol. The standard InChI is InChI=1S/C16H11N5O2S.C2HF3O2/c1-23-13-7-10(4-5-18-13)14-20-21-16(24-14)11-6-9(8-17)2-3-12(11)19-15(16)22;3-2(4,5)1(6)7/h2-7,21H,1H3,(H,19,22);(H,6,7). The van der Waals surface area contributed by atoms with Gasteiger partial charge in [0.05, 0.1) is 18.7 Å². The maximum atomic E-state index is 12.6. The van der Waals surface area contributed by atoms with Crippen LogP contribution in [0.4, 0.5) is 18.9 Å². The van der Waals surface area contributed by atoms with Gasteiger partial charge in [0.1, 0.15) is 5.04 Å². The highest BCUT2D eigenvalue weighted by Gasteiger charge is 2.52. The van der Waals surface area contributed by atoms with Crippen LogP contribution in [0.3, 0.4) is 0 Å². The number of hydrogen-bond acceptors (Lipinski definition) is 8. The number of methoxy groups -OCH3 is 1. The van der Waals surface area contributed by atoms with Gasteiger partial charge in [-0.15, -0.1) is 0 Å². The lowest BCUT2D eigenvalue weighted by Gasteiger charge is -2.19. The van der Waals surface area contributed by atoms with Gasteiger partial charge in [-0.1, -0.05) is 11.8 Å². The number of carboxylic acid groups (broad SMARTS) is 1. The fraction of sp³-hybridized carbons (Fsp3) is 0.167. The molecule has 160 valence electrons. The van der Waals surface area contributed by atoms with Crippen LogP contribution in [-0.4, -0.2) is 40.3 Å². The van der Waals surface area contributed by atoms with E-state index in [4.69, 9.17) is 19.9 Å². The highest BCUT2D eigenvalue weighted by Crippen LogP contribution is 2.48. The van der Waals surface area contributed by atoms with Crippen molar-refractivity contribution in [1.29, 1.82) is 5.26 Å². The molecule has 0 saturated heterocycles. The molecule has 4 rings (SSSR count). The summed E-state index contributed by atoms with van der Waals surface area (Å²) in [5.74, 6) is -2.50. The number of aromatic nitrogens is 1. The van der Waals surface area contributed by atoms with Crippen molar-refractivity contribution in [1.82, 2.24) is 10.4 Å². The first-order valence-electron chi connectivity index (χ1n) is 8.31. The Labute approximate surface area is 176 Å². The van der Waals surface area contributed by atoms with E-state index in [0.717, 1.165) is 5.56 Å². The zero-order valence-electron chi connectivity index (χ0n) is 15.5. The SMILES string of the molecule is COc1cc(C2=NNC3(S2)C(=O)Nc2ccc(C#N)cc23)ccn1.O=C(O)C(F)(F)F. The van der Waals surface area contributed by atoms with E-state index in [1.54, 1.807) is 43.6 Å². The number of benzene rings is 1. The van der Waals surface area contributed by atoms with Crippen molar-refractivity contribution in [2.24, 2.45) is 5.10 Å². The number of alkyl halides is 3. The van der Waals surface area contributed by atoms with Crippen molar-refractivity contribution in [2.75, 3.05) is 12.4 Å². The average molecular weight is 451 g/mol. The highest BCUT2D eigenvalue weighted by molar-refractivity contribution is 8.16. The molecular weight excluding hydrogens is 439 g/mol. The number of nitrogens with zero attached hydrogens (tertiary/aromatic N) is 3. The lowest BCUT2D eigenvalue weighted by Crippen LogP contribution is -2.39. The molecule has 1 unspecified atom stereocenters. The largest absolute Gasteiger partial charge is 0.490 e. The Bertz CT molecular complexity index is 1130. The quantitative estimate of drug-likeness (QED) is 0.633. The fourth-order valence-corrected chi connectivity index (χ4v) is 3.80. The number of nitriles is 1. The highest BCUT2D eigenvalue weighted by atomic mass is 32.2. The van der Waals surface area contributed by atoms with Crippen LogP contribution in [0.25, 0.3) is 0 Å². The number of thioether (sulfide) groups is 1. The molecule has 31 heavy (non-hydrogen) atoms. The minimum Gasteiger partial charge on any atom is -0.481 e. The predicted octanol–water partition coefficient (Wildman–Crippen LogP) is 2.40. The molecule has 0 fully saturated rings. The topological polar surface area (TPSA) is 137 Å². The molecule has 2 aliphatic rings. The van der Waals surface area contributed by atoms with Crippen LogP contribution in [0, 0.1) is 11.3 Å². The number of aliphatic carboxylic acids is 1. The Morgan fingerprint density at radius 2 is 2.03 bits per heavy atom. The number of rotatable bonds is 2. The minimum atomic E-state index is -5.08. The van der Waals surface area contributed by atoms with Gasteiger partial charge in [-0.3, -0.25) is 10.2 Å².